The minimum absolute atomic E-state index is 0. The molecule has 1 aliphatic heterocycles. The molecule has 5 rings (SSSR count). The average molecular weight is 439 g/mol. The van der Waals surface area contributed by atoms with Gasteiger partial charge in [-0.3, -0.25) is 4.98 Å². The van der Waals surface area contributed by atoms with Crippen molar-refractivity contribution >= 4 is 23.3 Å². The van der Waals surface area contributed by atoms with Crippen LogP contribution in [-0.4, -0.2) is 27.6 Å². The molecule has 1 aliphatic carbocycles. The number of rotatable bonds is 5. The minimum Gasteiger partial charge on any atom is -0.662 e. The number of benzene rings is 1. The van der Waals surface area contributed by atoms with Gasteiger partial charge in [-0.1, -0.05) is 42.7 Å². The maximum atomic E-state index is 6.44. The first-order valence-corrected chi connectivity index (χ1v) is 11.6. The predicted molar refractivity (Wildman–Crippen MR) is 127 cm³/mol. The Morgan fingerprint density at radius 2 is 2.00 bits per heavy atom. The largest absolute Gasteiger partial charge is 1.00 e. The van der Waals surface area contributed by atoms with Crippen molar-refractivity contribution in [3.63, 3.8) is 0 Å². The van der Waals surface area contributed by atoms with Gasteiger partial charge in [-0.25, -0.2) is 4.98 Å². The van der Waals surface area contributed by atoms with E-state index in [1.165, 1.54) is 28.0 Å². The molecule has 0 bridgehead atoms. The number of allylic oxidation sites excluding steroid dienone is 1. The van der Waals surface area contributed by atoms with Gasteiger partial charge in [0.25, 0.3) is 0 Å². The van der Waals surface area contributed by atoms with Crippen molar-refractivity contribution in [1.82, 2.24) is 14.5 Å². The molecule has 1 atom stereocenters. The fraction of sp³-hybridized carbons (Fsp3) is 0.385. The quantitative estimate of drug-likeness (QED) is 0.572. The fourth-order valence-electron chi connectivity index (χ4n) is 5.14. The first-order chi connectivity index (χ1) is 15.2. The van der Waals surface area contributed by atoms with Crippen LogP contribution in [0.4, 0.5) is 0 Å². The number of aryl methyl sites for hydroxylation is 2. The molecule has 0 spiro atoms. The van der Waals surface area contributed by atoms with E-state index in [2.05, 4.69) is 51.4 Å². The minimum atomic E-state index is 0. The maximum Gasteiger partial charge on any atom is 1.00 e. The van der Waals surface area contributed by atoms with Crippen LogP contribution in [0.3, 0.4) is 0 Å². The SMILES string of the molecule is Cc1cn(CCCC2=Cc3cc(Cl)ccc3C(C3CC[N-]CC3)c3ncccc32)cn1.[Li+]. The Hall–Kier alpha value is -1.83. The van der Waals surface area contributed by atoms with Gasteiger partial charge in [0, 0.05) is 29.9 Å². The van der Waals surface area contributed by atoms with Crippen LogP contribution in [0.5, 0.6) is 0 Å². The van der Waals surface area contributed by atoms with E-state index in [0.717, 1.165) is 56.0 Å². The number of fused-ring (bicyclic) bond motifs is 2. The topological polar surface area (TPSA) is 44.8 Å². The summed E-state index contributed by atoms with van der Waals surface area (Å²) in [6.45, 7) is 4.91. The number of pyridine rings is 1. The van der Waals surface area contributed by atoms with Crippen LogP contribution in [0.25, 0.3) is 17.0 Å². The number of nitrogens with zero attached hydrogens (tertiary/aromatic N) is 4. The van der Waals surface area contributed by atoms with Crippen molar-refractivity contribution in [2.75, 3.05) is 13.1 Å². The molecule has 0 saturated carbocycles. The Bertz CT molecular complexity index is 1100. The van der Waals surface area contributed by atoms with E-state index in [-0.39, 0.29) is 18.9 Å². The van der Waals surface area contributed by atoms with Gasteiger partial charge >= 0.3 is 18.9 Å². The van der Waals surface area contributed by atoms with Gasteiger partial charge in [0.1, 0.15) is 0 Å². The van der Waals surface area contributed by atoms with Crippen molar-refractivity contribution in [2.45, 2.75) is 45.1 Å². The Balaban J connectivity index is 0.00000245. The normalized spacial score (nSPS) is 18.2. The summed E-state index contributed by atoms with van der Waals surface area (Å²) in [7, 11) is 0. The maximum absolute atomic E-state index is 6.44. The van der Waals surface area contributed by atoms with E-state index < -0.39 is 0 Å². The van der Waals surface area contributed by atoms with Gasteiger partial charge in [0.15, 0.2) is 0 Å². The molecule has 160 valence electrons. The summed E-state index contributed by atoms with van der Waals surface area (Å²) in [5.74, 6) is 0.858. The van der Waals surface area contributed by atoms with Crippen molar-refractivity contribution in [3.8, 4) is 0 Å². The molecule has 1 aromatic carbocycles. The Morgan fingerprint density at radius 3 is 2.78 bits per heavy atom. The molecule has 6 heteroatoms. The fourth-order valence-corrected chi connectivity index (χ4v) is 5.32. The second kappa shape index (κ2) is 10.4. The summed E-state index contributed by atoms with van der Waals surface area (Å²) in [6.07, 6.45) is 12.6. The third kappa shape index (κ3) is 4.90. The molecule has 1 unspecified atom stereocenters. The van der Waals surface area contributed by atoms with Gasteiger partial charge in [0.05, 0.1) is 17.7 Å². The molecule has 2 aliphatic rings. The number of piperidine rings is 1. The van der Waals surface area contributed by atoms with Crippen LogP contribution in [0.1, 0.15) is 59.7 Å². The van der Waals surface area contributed by atoms with Gasteiger partial charge in [-0.05, 0) is 66.1 Å². The van der Waals surface area contributed by atoms with Crippen molar-refractivity contribution in [2.24, 2.45) is 5.92 Å². The Kier molecular flexibility index (Phi) is 7.58. The predicted octanol–water partition coefficient (Wildman–Crippen LogP) is 3.49. The van der Waals surface area contributed by atoms with E-state index in [1.807, 2.05) is 25.5 Å². The molecule has 0 radical (unpaired) electrons. The van der Waals surface area contributed by atoms with Crippen LogP contribution in [-0.2, 0) is 6.54 Å². The van der Waals surface area contributed by atoms with Gasteiger partial charge in [-0.2, -0.15) is 0 Å². The van der Waals surface area contributed by atoms with Crippen molar-refractivity contribution in [3.05, 3.63) is 87.5 Å². The zero-order valence-electron chi connectivity index (χ0n) is 19.0. The van der Waals surface area contributed by atoms with E-state index in [9.17, 15) is 0 Å². The average Bonchev–Trinajstić information content (AvgIpc) is 3.15. The Morgan fingerprint density at radius 1 is 1.16 bits per heavy atom. The summed E-state index contributed by atoms with van der Waals surface area (Å²) in [4.78, 5) is 9.31. The first kappa shape index (κ1) is 23.3. The van der Waals surface area contributed by atoms with Crippen molar-refractivity contribution in [1.29, 1.82) is 0 Å². The smallest absolute Gasteiger partial charge is 0.662 e. The van der Waals surface area contributed by atoms with Crippen LogP contribution < -0.4 is 18.9 Å². The molecule has 4 nitrogen and oxygen atoms in total. The molecule has 2 aromatic heterocycles. The molecule has 1 saturated heterocycles. The van der Waals surface area contributed by atoms with Gasteiger partial charge in [0.2, 0.25) is 0 Å². The van der Waals surface area contributed by atoms with Crippen LogP contribution in [0.15, 0.2) is 49.1 Å². The molecular weight excluding hydrogens is 411 g/mol. The molecule has 32 heavy (non-hydrogen) atoms. The van der Waals surface area contributed by atoms with Gasteiger partial charge < -0.3 is 9.88 Å². The second-order valence-electron chi connectivity index (χ2n) is 8.72. The third-order valence-corrected chi connectivity index (χ3v) is 6.84. The standard InChI is InChI=1S/C26H28ClN4.Li/c1-18-16-31(17-30-18)13-3-4-20-14-21-15-22(27)6-7-23(21)25(19-8-11-28-12-9-19)26-24(20)5-2-10-29-26;/h2,5-7,10,14-17,19,25H,3-4,8-9,11-13H2,1H3;/q-1;+1. The monoisotopic (exact) mass is 438 g/mol. The molecule has 0 N–H and O–H groups in total. The van der Waals surface area contributed by atoms with Crippen LogP contribution >= 0.6 is 11.6 Å². The van der Waals surface area contributed by atoms with E-state index in [4.69, 9.17) is 16.6 Å². The summed E-state index contributed by atoms with van der Waals surface area (Å²) in [5.41, 5.74) is 7.53. The molecule has 3 heterocycles. The molecule has 0 amide bonds. The summed E-state index contributed by atoms with van der Waals surface area (Å²) >= 11 is 6.44. The zero-order valence-corrected chi connectivity index (χ0v) is 19.7. The van der Waals surface area contributed by atoms with E-state index >= 15 is 0 Å². The molecular formula is C26H28ClLiN4. The summed E-state index contributed by atoms with van der Waals surface area (Å²) in [6, 6.07) is 10.7. The number of halogens is 1. The number of imidazole rings is 1. The third-order valence-electron chi connectivity index (χ3n) is 6.60. The van der Waals surface area contributed by atoms with Crippen LogP contribution in [0, 0.1) is 12.8 Å². The first-order valence-electron chi connectivity index (χ1n) is 11.3. The van der Waals surface area contributed by atoms with E-state index in [1.54, 1.807) is 0 Å². The van der Waals surface area contributed by atoms with Crippen molar-refractivity contribution < 1.29 is 18.9 Å². The Labute approximate surface area is 207 Å². The summed E-state index contributed by atoms with van der Waals surface area (Å²) in [5, 5.41) is 5.39. The van der Waals surface area contributed by atoms with Crippen LogP contribution in [0.2, 0.25) is 5.02 Å². The number of hydrogen-bond acceptors (Lipinski definition) is 2. The zero-order chi connectivity index (χ0) is 21.2. The van der Waals surface area contributed by atoms with E-state index in [0.29, 0.717) is 11.8 Å². The summed E-state index contributed by atoms with van der Waals surface area (Å²) < 4.78 is 2.18. The number of aromatic nitrogens is 3. The second-order valence-corrected chi connectivity index (χ2v) is 9.16. The molecule has 3 aromatic rings. The van der Waals surface area contributed by atoms with Gasteiger partial charge in [-0.15, -0.1) is 13.1 Å². The number of hydrogen-bond donors (Lipinski definition) is 0. The molecule has 1 fully saturated rings.